The van der Waals surface area contributed by atoms with Gasteiger partial charge in [0, 0.05) is 11.8 Å². The van der Waals surface area contributed by atoms with E-state index in [1.807, 2.05) is 0 Å². The monoisotopic (exact) mass is 246 g/mol. The van der Waals surface area contributed by atoms with E-state index in [-0.39, 0.29) is 11.1 Å². The minimum absolute atomic E-state index is 0.211. The summed E-state index contributed by atoms with van der Waals surface area (Å²) >= 11 is 0. The second kappa shape index (κ2) is 4.83. The normalized spacial score (nSPS) is 10.1. The average molecular weight is 246 g/mol. The Morgan fingerprint density at radius 2 is 2.17 bits per heavy atom. The Bertz CT molecular complexity index is 599. The molecule has 0 aliphatic heterocycles. The van der Waals surface area contributed by atoms with E-state index < -0.39 is 11.7 Å². The molecule has 5 heteroatoms. The summed E-state index contributed by atoms with van der Waals surface area (Å²) in [6.45, 7) is 0. The Kier molecular flexibility index (Phi) is 3.23. The highest BCUT2D eigenvalue weighted by Crippen LogP contribution is 2.31. The fourth-order valence-electron chi connectivity index (χ4n) is 1.64. The van der Waals surface area contributed by atoms with E-state index >= 15 is 0 Å². The van der Waals surface area contributed by atoms with Crippen molar-refractivity contribution >= 4 is 5.91 Å². The van der Waals surface area contributed by atoms with Crippen LogP contribution in [0, 0.1) is 5.82 Å². The van der Waals surface area contributed by atoms with E-state index in [4.69, 9.17) is 10.5 Å². The number of hydrogen-bond donors (Lipinski definition) is 1. The highest BCUT2D eigenvalue weighted by atomic mass is 19.1. The Morgan fingerprint density at radius 3 is 2.83 bits per heavy atom. The van der Waals surface area contributed by atoms with Crippen LogP contribution < -0.4 is 10.5 Å². The summed E-state index contributed by atoms with van der Waals surface area (Å²) < 4.78 is 18.9. The second-order valence-electron chi connectivity index (χ2n) is 3.61. The molecule has 4 nitrogen and oxygen atoms in total. The van der Waals surface area contributed by atoms with E-state index in [1.54, 1.807) is 6.07 Å². The summed E-state index contributed by atoms with van der Waals surface area (Å²) in [5.41, 5.74) is 5.96. The number of nitrogens with two attached hydrogens (primary N) is 1. The van der Waals surface area contributed by atoms with Crippen LogP contribution in [0.2, 0.25) is 0 Å². The van der Waals surface area contributed by atoms with Crippen molar-refractivity contribution < 1.29 is 13.9 Å². The van der Waals surface area contributed by atoms with E-state index in [9.17, 15) is 9.18 Å². The smallest absolute Gasteiger partial charge is 0.248 e. The molecule has 0 fully saturated rings. The minimum Gasteiger partial charge on any atom is -0.496 e. The lowest BCUT2D eigenvalue weighted by Gasteiger charge is -2.09. The number of amides is 1. The molecule has 0 radical (unpaired) electrons. The number of rotatable bonds is 3. The molecule has 0 spiro atoms. The van der Waals surface area contributed by atoms with Gasteiger partial charge in [-0.3, -0.25) is 9.78 Å². The van der Waals surface area contributed by atoms with Crippen molar-refractivity contribution in [2.24, 2.45) is 5.73 Å². The van der Waals surface area contributed by atoms with Gasteiger partial charge in [0.15, 0.2) is 0 Å². The van der Waals surface area contributed by atoms with Crippen LogP contribution in [0.5, 0.6) is 5.75 Å². The number of carbonyl (C=O) groups excluding carboxylic acids is 1. The van der Waals surface area contributed by atoms with Crippen molar-refractivity contribution in [1.29, 1.82) is 0 Å². The molecule has 2 N–H and O–H groups in total. The summed E-state index contributed by atoms with van der Waals surface area (Å²) in [4.78, 5) is 15.1. The Hall–Kier alpha value is -2.43. The van der Waals surface area contributed by atoms with Crippen molar-refractivity contribution in [3.63, 3.8) is 0 Å². The molecule has 0 aliphatic rings. The molecule has 0 atom stereocenters. The summed E-state index contributed by atoms with van der Waals surface area (Å²) in [7, 11) is 1.44. The maximum absolute atomic E-state index is 13.8. The predicted octanol–water partition coefficient (Wildman–Crippen LogP) is 2.00. The molecule has 1 heterocycles. The summed E-state index contributed by atoms with van der Waals surface area (Å²) in [6.07, 6.45) is 1.40. The first-order valence-corrected chi connectivity index (χ1v) is 5.22. The molecule has 0 unspecified atom stereocenters. The topological polar surface area (TPSA) is 65.2 Å². The average Bonchev–Trinajstić information content (AvgIpc) is 2.38. The van der Waals surface area contributed by atoms with Crippen LogP contribution >= 0.6 is 0 Å². The van der Waals surface area contributed by atoms with Gasteiger partial charge in [0.05, 0.1) is 18.4 Å². The molecule has 18 heavy (non-hydrogen) atoms. The van der Waals surface area contributed by atoms with Crippen molar-refractivity contribution in [2.75, 3.05) is 7.11 Å². The van der Waals surface area contributed by atoms with Crippen molar-refractivity contribution in [3.8, 4) is 17.0 Å². The molecular weight excluding hydrogens is 235 g/mol. The van der Waals surface area contributed by atoms with Crippen molar-refractivity contribution in [2.45, 2.75) is 0 Å². The number of pyridine rings is 1. The number of ether oxygens (including phenoxy) is 1. The highest BCUT2D eigenvalue weighted by molar-refractivity contribution is 5.93. The molecule has 1 aromatic carbocycles. The number of hydrogen-bond acceptors (Lipinski definition) is 3. The zero-order chi connectivity index (χ0) is 13.1. The molecular formula is C13H11FN2O2. The highest BCUT2D eigenvalue weighted by Gasteiger charge is 2.14. The Labute approximate surface area is 103 Å². The molecule has 0 aliphatic carbocycles. The van der Waals surface area contributed by atoms with Gasteiger partial charge in [-0.2, -0.15) is 0 Å². The van der Waals surface area contributed by atoms with E-state index in [0.717, 1.165) is 0 Å². The number of aromatic nitrogens is 1. The number of nitrogens with zero attached hydrogens (tertiary/aromatic N) is 1. The molecule has 92 valence electrons. The van der Waals surface area contributed by atoms with Crippen LogP contribution in [-0.2, 0) is 0 Å². The van der Waals surface area contributed by atoms with Gasteiger partial charge in [-0.05, 0) is 24.3 Å². The SMILES string of the molecule is COc1cccc(F)c1-c1cc(C(N)=O)ccn1. The summed E-state index contributed by atoms with van der Waals surface area (Å²) in [6, 6.07) is 7.37. The first kappa shape index (κ1) is 12.0. The van der Waals surface area contributed by atoms with Gasteiger partial charge in [0.2, 0.25) is 5.91 Å². The minimum atomic E-state index is -0.589. The van der Waals surface area contributed by atoms with Crippen LogP contribution in [0.4, 0.5) is 4.39 Å². The third kappa shape index (κ3) is 2.15. The molecule has 0 saturated heterocycles. The number of halogens is 1. The molecule has 1 amide bonds. The van der Waals surface area contributed by atoms with Crippen LogP contribution in [0.3, 0.4) is 0 Å². The lowest BCUT2D eigenvalue weighted by atomic mass is 10.1. The third-order valence-electron chi connectivity index (χ3n) is 2.50. The van der Waals surface area contributed by atoms with Crippen LogP contribution in [0.1, 0.15) is 10.4 Å². The molecule has 2 rings (SSSR count). The Balaban J connectivity index is 2.61. The quantitative estimate of drug-likeness (QED) is 0.900. The molecule has 1 aromatic heterocycles. The van der Waals surface area contributed by atoms with Crippen LogP contribution in [0.25, 0.3) is 11.3 Å². The van der Waals surface area contributed by atoms with Crippen LogP contribution in [0.15, 0.2) is 36.5 Å². The first-order valence-electron chi connectivity index (χ1n) is 5.22. The number of benzene rings is 1. The zero-order valence-corrected chi connectivity index (χ0v) is 9.68. The van der Waals surface area contributed by atoms with Gasteiger partial charge in [-0.15, -0.1) is 0 Å². The van der Waals surface area contributed by atoms with Gasteiger partial charge in [0.25, 0.3) is 0 Å². The number of carbonyl (C=O) groups is 1. The lowest BCUT2D eigenvalue weighted by molar-refractivity contribution is 0.1000. The zero-order valence-electron chi connectivity index (χ0n) is 9.68. The maximum Gasteiger partial charge on any atom is 0.248 e. The van der Waals surface area contributed by atoms with Crippen LogP contribution in [-0.4, -0.2) is 18.0 Å². The first-order chi connectivity index (χ1) is 8.63. The third-order valence-corrected chi connectivity index (χ3v) is 2.50. The van der Waals surface area contributed by atoms with Gasteiger partial charge in [-0.25, -0.2) is 4.39 Å². The second-order valence-corrected chi connectivity index (χ2v) is 3.61. The van der Waals surface area contributed by atoms with E-state index in [2.05, 4.69) is 4.98 Å². The fourth-order valence-corrected chi connectivity index (χ4v) is 1.64. The molecule has 0 saturated carbocycles. The van der Waals surface area contributed by atoms with Crippen molar-refractivity contribution in [3.05, 3.63) is 47.9 Å². The van der Waals surface area contributed by atoms with E-state index in [0.29, 0.717) is 11.4 Å². The van der Waals surface area contributed by atoms with Gasteiger partial charge < -0.3 is 10.5 Å². The van der Waals surface area contributed by atoms with Gasteiger partial charge in [-0.1, -0.05) is 6.07 Å². The molecule has 0 bridgehead atoms. The maximum atomic E-state index is 13.8. The standard InChI is InChI=1S/C13H11FN2O2/c1-18-11-4-2-3-9(14)12(11)10-7-8(13(15)17)5-6-16-10/h2-7H,1H3,(H2,15,17). The summed E-state index contributed by atoms with van der Waals surface area (Å²) in [5, 5.41) is 0. The number of primary amides is 1. The van der Waals surface area contributed by atoms with Crippen molar-refractivity contribution in [1.82, 2.24) is 4.98 Å². The number of methoxy groups -OCH3 is 1. The fraction of sp³-hybridized carbons (Fsp3) is 0.0769. The van der Waals surface area contributed by atoms with Gasteiger partial charge >= 0.3 is 0 Å². The lowest BCUT2D eigenvalue weighted by Crippen LogP contribution is -2.11. The predicted molar refractivity (Wildman–Crippen MR) is 64.7 cm³/mol. The van der Waals surface area contributed by atoms with E-state index in [1.165, 1.54) is 37.6 Å². The molecule has 2 aromatic rings. The largest absolute Gasteiger partial charge is 0.496 e. The Morgan fingerprint density at radius 1 is 1.39 bits per heavy atom. The van der Waals surface area contributed by atoms with Gasteiger partial charge in [0.1, 0.15) is 11.6 Å². The summed E-state index contributed by atoms with van der Waals surface area (Å²) in [5.74, 6) is -0.707.